The van der Waals surface area contributed by atoms with Crippen LogP contribution in [0.1, 0.15) is 45.2 Å². The summed E-state index contributed by atoms with van der Waals surface area (Å²) in [5, 5.41) is 13.5. The summed E-state index contributed by atoms with van der Waals surface area (Å²) in [6.07, 6.45) is -0.374. The van der Waals surface area contributed by atoms with E-state index in [-0.39, 0.29) is 28.5 Å². The summed E-state index contributed by atoms with van der Waals surface area (Å²) in [4.78, 5) is 58.3. The lowest BCUT2D eigenvalue weighted by atomic mass is 10.1. The molecule has 242 valence electrons. The van der Waals surface area contributed by atoms with E-state index in [9.17, 15) is 32.3 Å². The van der Waals surface area contributed by atoms with Crippen molar-refractivity contribution < 1.29 is 32.3 Å². The van der Waals surface area contributed by atoms with E-state index >= 15 is 0 Å². The summed E-state index contributed by atoms with van der Waals surface area (Å²) in [6, 6.07) is 14.6. The molecular formula is C33H30F3N7O4. The van der Waals surface area contributed by atoms with Crippen LogP contribution in [-0.4, -0.2) is 39.6 Å². The van der Waals surface area contributed by atoms with Crippen molar-refractivity contribution in [2.75, 3.05) is 21.3 Å². The maximum atomic E-state index is 13.1. The Kier molecular flexibility index (Phi) is 10.7. The van der Waals surface area contributed by atoms with Crippen molar-refractivity contribution in [1.29, 1.82) is 0 Å². The van der Waals surface area contributed by atoms with Gasteiger partial charge in [0.15, 0.2) is 0 Å². The van der Waals surface area contributed by atoms with E-state index in [1.165, 1.54) is 30.6 Å². The van der Waals surface area contributed by atoms with Crippen molar-refractivity contribution in [3.8, 4) is 0 Å². The van der Waals surface area contributed by atoms with Gasteiger partial charge < -0.3 is 26.6 Å². The van der Waals surface area contributed by atoms with E-state index in [4.69, 9.17) is 0 Å². The number of alkyl halides is 3. The van der Waals surface area contributed by atoms with Crippen molar-refractivity contribution in [2.45, 2.75) is 32.5 Å². The molecule has 14 heteroatoms. The van der Waals surface area contributed by atoms with Crippen LogP contribution >= 0.6 is 0 Å². The van der Waals surface area contributed by atoms with Crippen LogP contribution in [0.5, 0.6) is 0 Å². The Morgan fingerprint density at radius 3 is 2.17 bits per heavy atom. The highest BCUT2D eigenvalue weighted by atomic mass is 19.4. The van der Waals surface area contributed by atoms with Crippen LogP contribution in [0.15, 0.2) is 91.8 Å². The van der Waals surface area contributed by atoms with E-state index < -0.39 is 41.4 Å². The first-order chi connectivity index (χ1) is 22.4. The molecule has 0 spiro atoms. The first-order valence-electron chi connectivity index (χ1n) is 14.2. The second kappa shape index (κ2) is 14.8. The van der Waals surface area contributed by atoms with Gasteiger partial charge in [0.2, 0.25) is 17.8 Å². The molecule has 0 aliphatic heterocycles. The molecule has 4 amide bonds. The molecule has 0 radical (unpaired) electrons. The van der Waals surface area contributed by atoms with E-state index in [1.54, 1.807) is 44.2 Å². The Bertz CT molecular complexity index is 1810. The molecule has 0 saturated carbocycles. The van der Waals surface area contributed by atoms with E-state index in [1.807, 2.05) is 0 Å². The van der Waals surface area contributed by atoms with Gasteiger partial charge in [-0.3, -0.25) is 19.2 Å². The Morgan fingerprint density at radius 1 is 0.830 bits per heavy atom. The summed E-state index contributed by atoms with van der Waals surface area (Å²) in [7, 11) is 0. The maximum Gasteiger partial charge on any atom is 0.416 e. The molecule has 4 rings (SSSR count). The fourth-order valence-corrected chi connectivity index (χ4v) is 4.26. The van der Waals surface area contributed by atoms with E-state index in [0.717, 1.165) is 24.3 Å². The molecule has 0 unspecified atom stereocenters. The normalized spacial score (nSPS) is 11.5. The fraction of sp³-hybridized carbons (Fsp3) is 0.152. The van der Waals surface area contributed by atoms with Gasteiger partial charge >= 0.3 is 6.18 Å². The first kappa shape index (κ1) is 33.8. The van der Waals surface area contributed by atoms with Crippen LogP contribution in [0.2, 0.25) is 0 Å². The zero-order valence-corrected chi connectivity index (χ0v) is 25.2. The number of anilines is 5. The quantitative estimate of drug-likeness (QED) is 0.124. The second-order valence-corrected chi connectivity index (χ2v) is 10.2. The van der Waals surface area contributed by atoms with Gasteiger partial charge in [-0.15, -0.1) is 0 Å². The number of benzene rings is 3. The van der Waals surface area contributed by atoms with Gasteiger partial charge in [0.05, 0.1) is 23.6 Å². The summed E-state index contributed by atoms with van der Waals surface area (Å²) in [6.45, 7) is 6.84. The number of hydrogen-bond acceptors (Lipinski definition) is 7. The Labute approximate surface area is 267 Å². The number of aromatic nitrogens is 2. The SMILES string of the molecule is C=CC(=O)N[C@H](CC)C(=O)Nc1cccc(Nc2ncc(NC(=O)c3cc(NC(=O)c4cccc(C(F)(F)F)c4)ccc3C)cn2)c1. The molecule has 5 N–H and O–H groups in total. The highest BCUT2D eigenvalue weighted by molar-refractivity contribution is 6.08. The molecule has 11 nitrogen and oxygen atoms in total. The summed E-state index contributed by atoms with van der Waals surface area (Å²) >= 11 is 0. The average molecular weight is 646 g/mol. The molecule has 1 atom stereocenters. The number of aryl methyl sites for hydroxylation is 1. The number of amides is 4. The third-order valence-electron chi connectivity index (χ3n) is 6.71. The second-order valence-electron chi connectivity index (χ2n) is 10.2. The number of hydrogen-bond donors (Lipinski definition) is 5. The zero-order chi connectivity index (χ0) is 34.1. The highest BCUT2D eigenvalue weighted by Crippen LogP contribution is 2.30. The number of halogens is 3. The fourth-order valence-electron chi connectivity index (χ4n) is 4.26. The van der Waals surface area contributed by atoms with Crippen LogP contribution in [0.25, 0.3) is 0 Å². The minimum atomic E-state index is -4.60. The van der Waals surface area contributed by atoms with Crippen molar-refractivity contribution in [3.05, 3.63) is 114 Å². The molecular weight excluding hydrogens is 615 g/mol. The average Bonchev–Trinajstić information content (AvgIpc) is 3.05. The molecule has 47 heavy (non-hydrogen) atoms. The van der Waals surface area contributed by atoms with Gasteiger partial charge in [-0.1, -0.05) is 31.7 Å². The van der Waals surface area contributed by atoms with Gasteiger partial charge in [0.25, 0.3) is 11.8 Å². The summed E-state index contributed by atoms with van der Waals surface area (Å²) < 4.78 is 39.2. The van der Waals surface area contributed by atoms with Crippen molar-refractivity contribution in [3.63, 3.8) is 0 Å². The third kappa shape index (κ3) is 9.23. The molecule has 0 aliphatic carbocycles. The lowest BCUT2D eigenvalue weighted by molar-refractivity contribution is -0.137. The number of nitrogens with one attached hydrogen (secondary N) is 5. The number of nitrogens with zero attached hydrogens (tertiary/aromatic N) is 2. The van der Waals surface area contributed by atoms with Gasteiger partial charge in [0.1, 0.15) is 6.04 Å². The number of carbonyl (C=O) groups is 4. The molecule has 1 aromatic heterocycles. The van der Waals surface area contributed by atoms with E-state index in [2.05, 4.69) is 43.1 Å². The zero-order valence-electron chi connectivity index (χ0n) is 25.2. The van der Waals surface area contributed by atoms with Crippen LogP contribution in [-0.2, 0) is 15.8 Å². The lowest BCUT2D eigenvalue weighted by Gasteiger charge is -2.16. The lowest BCUT2D eigenvalue weighted by Crippen LogP contribution is -2.42. The molecule has 0 saturated heterocycles. The molecule has 4 aromatic rings. The third-order valence-corrected chi connectivity index (χ3v) is 6.71. The minimum Gasteiger partial charge on any atom is -0.341 e. The standard InChI is InChI=1S/C33H30F3N7O4/c1-4-27(43-28(44)5-2)31(47)40-22-10-7-11-23(15-22)42-32-37-17-25(18-38-32)41-30(46)26-16-24(13-12-19(26)3)39-29(45)20-8-6-9-21(14-20)33(34,35)36/h5-18,27H,2,4H2,1,3H3,(H,39,45)(H,40,47)(H,41,46)(H,43,44)(H,37,38,42)/t27-/m1/s1. The maximum absolute atomic E-state index is 13.1. The van der Waals surface area contributed by atoms with Crippen molar-refractivity contribution in [2.24, 2.45) is 0 Å². The van der Waals surface area contributed by atoms with Crippen LogP contribution in [0, 0.1) is 6.92 Å². The smallest absolute Gasteiger partial charge is 0.341 e. The van der Waals surface area contributed by atoms with Crippen molar-refractivity contribution in [1.82, 2.24) is 15.3 Å². The van der Waals surface area contributed by atoms with Crippen molar-refractivity contribution >= 4 is 52.3 Å². The van der Waals surface area contributed by atoms with Gasteiger partial charge in [-0.05, 0) is 73.5 Å². The summed E-state index contributed by atoms with van der Waals surface area (Å²) in [5.74, 6) is -1.94. The molecule has 3 aromatic carbocycles. The highest BCUT2D eigenvalue weighted by Gasteiger charge is 2.31. The number of carbonyl (C=O) groups excluding carboxylic acids is 4. The van der Waals surface area contributed by atoms with E-state index in [0.29, 0.717) is 23.4 Å². The predicted octanol–water partition coefficient (Wildman–Crippen LogP) is 6.07. The minimum absolute atomic E-state index is 0.187. The molecule has 0 aliphatic rings. The molecule has 1 heterocycles. The van der Waals surface area contributed by atoms with Gasteiger partial charge in [-0.25, -0.2) is 9.97 Å². The molecule has 0 bridgehead atoms. The van der Waals surface area contributed by atoms with Crippen LogP contribution < -0.4 is 26.6 Å². The Balaban J connectivity index is 1.38. The van der Waals surface area contributed by atoms with Crippen LogP contribution in [0.4, 0.5) is 41.9 Å². The molecule has 0 fully saturated rings. The number of rotatable bonds is 11. The topological polar surface area (TPSA) is 154 Å². The van der Waals surface area contributed by atoms with Crippen LogP contribution in [0.3, 0.4) is 0 Å². The predicted molar refractivity (Wildman–Crippen MR) is 171 cm³/mol. The largest absolute Gasteiger partial charge is 0.416 e. The van der Waals surface area contributed by atoms with Gasteiger partial charge in [0, 0.05) is 28.2 Å². The Hall–Kier alpha value is -6.05. The monoisotopic (exact) mass is 645 g/mol. The first-order valence-corrected chi connectivity index (χ1v) is 14.2. The van der Waals surface area contributed by atoms with Gasteiger partial charge in [-0.2, -0.15) is 13.2 Å². The summed E-state index contributed by atoms with van der Waals surface area (Å²) in [5.41, 5.74) is 1.17. The Morgan fingerprint density at radius 2 is 1.49 bits per heavy atom.